The van der Waals surface area contributed by atoms with Gasteiger partial charge in [-0.15, -0.1) is 0 Å². The normalized spacial score (nSPS) is 14.6. The molecule has 0 amide bonds. The van der Waals surface area contributed by atoms with Gasteiger partial charge >= 0.3 is 5.97 Å². The van der Waals surface area contributed by atoms with Crippen LogP contribution in [0.25, 0.3) is 5.69 Å². The number of ether oxygens (including phenoxy) is 1. The molecule has 0 radical (unpaired) electrons. The molecule has 122 valence electrons. The summed E-state index contributed by atoms with van der Waals surface area (Å²) in [6.07, 6.45) is 3.04. The Kier molecular flexibility index (Phi) is 4.48. The van der Waals surface area contributed by atoms with Gasteiger partial charge in [0.15, 0.2) is 0 Å². The molecule has 1 aliphatic rings. The van der Waals surface area contributed by atoms with Crippen molar-refractivity contribution in [2.75, 3.05) is 20.7 Å². The number of fused-ring (bicyclic) bond motifs is 1. The van der Waals surface area contributed by atoms with E-state index >= 15 is 0 Å². The molecule has 2 heterocycles. The smallest absolute Gasteiger partial charge is 0.337 e. The monoisotopic (exact) mass is 313 g/mol. The molecule has 0 atom stereocenters. The fourth-order valence-electron chi connectivity index (χ4n) is 3.15. The molecule has 0 unspecified atom stereocenters. The second kappa shape index (κ2) is 6.54. The minimum Gasteiger partial charge on any atom is -0.465 e. The lowest BCUT2D eigenvalue weighted by molar-refractivity contribution is 0.0600. The summed E-state index contributed by atoms with van der Waals surface area (Å²) in [4.78, 5) is 14.1. The fraction of sp³-hybridized carbons (Fsp3) is 0.444. The van der Waals surface area contributed by atoms with Gasteiger partial charge in [-0.05, 0) is 31.7 Å². The molecular formula is C18H23N3O2. The topological polar surface area (TPSA) is 47.4 Å². The lowest BCUT2D eigenvalue weighted by atomic mass is 10.0. The van der Waals surface area contributed by atoms with Crippen molar-refractivity contribution in [3.8, 4) is 5.69 Å². The second-order valence-electron chi connectivity index (χ2n) is 6.06. The lowest BCUT2D eigenvalue weighted by Crippen LogP contribution is -2.27. The van der Waals surface area contributed by atoms with Crippen molar-refractivity contribution in [2.45, 2.75) is 32.7 Å². The first-order valence-electron chi connectivity index (χ1n) is 8.11. The molecule has 0 N–H and O–H groups in total. The Morgan fingerprint density at radius 1 is 1.39 bits per heavy atom. The number of nitrogens with zero attached hydrogens (tertiary/aromatic N) is 3. The van der Waals surface area contributed by atoms with Crippen LogP contribution in [-0.4, -0.2) is 41.4 Å². The molecule has 1 aromatic heterocycles. The minimum absolute atomic E-state index is 0.318. The van der Waals surface area contributed by atoms with Crippen molar-refractivity contribution in [3.63, 3.8) is 0 Å². The molecule has 5 nitrogen and oxygen atoms in total. The van der Waals surface area contributed by atoms with Gasteiger partial charge in [0.1, 0.15) is 0 Å². The van der Waals surface area contributed by atoms with Gasteiger partial charge in [-0.25, -0.2) is 9.48 Å². The van der Waals surface area contributed by atoms with E-state index in [9.17, 15) is 4.79 Å². The highest BCUT2D eigenvalue weighted by atomic mass is 16.5. The number of hydrogen-bond donors (Lipinski definition) is 0. The van der Waals surface area contributed by atoms with Crippen LogP contribution in [0.15, 0.2) is 24.3 Å². The predicted octanol–water partition coefficient (Wildman–Crippen LogP) is 2.60. The van der Waals surface area contributed by atoms with Crippen molar-refractivity contribution in [1.29, 1.82) is 0 Å². The van der Waals surface area contributed by atoms with Crippen LogP contribution in [0.3, 0.4) is 0 Å². The van der Waals surface area contributed by atoms with Gasteiger partial charge < -0.3 is 9.64 Å². The number of likely N-dealkylation sites (N-methyl/N-ethyl adjacent to an activating group) is 1. The van der Waals surface area contributed by atoms with Crippen LogP contribution in [0.4, 0.5) is 0 Å². The van der Waals surface area contributed by atoms with E-state index in [2.05, 4.69) is 18.9 Å². The van der Waals surface area contributed by atoms with E-state index in [1.54, 1.807) is 6.07 Å². The van der Waals surface area contributed by atoms with Crippen LogP contribution in [0, 0.1) is 0 Å². The Morgan fingerprint density at radius 2 is 2.22 bits per heavy atom. The lowest BCUT2D eigenvalue weighted by Gasteiger charge is -2.23. The number of carbonyl (C=O) groups is 1. The van der Waals surface area contributed by atoms with Gasteiger partial charge in [0.2, 0.25) is 0 Å². The van der Waals surface area contributed by atoms with Gasteiger partial charge in [-0.1, -0.05) is 19.4 Å². The fourth-order valence-corrected chi connectivity index (χ4v) is 3.15. The van der Waals surface area contributed by atoms with Gasteiger partial charge in [0.05, 0.1) is 29.7 Å². The average molecular weight is 313 g/mol. The predicted molar refractivity (Wildman–Crippen MR) is 88.9 cm³/mol. The Balaban J connectivity index is 2.06. The second-order valence-corrected chi connectivity index (χ2v) is 6.06. The molecule has 0 saturated carbocycles. The molecule has 0 aliphatic carbocycles. The van der Waals surface area contributed by atoms with Crippen LogP contribution >= 0.6 is 0 Å². The number of benzene rings is 1. The Morgan fingerprint density at radius 3 is 2.96 bits per heavy atom. The summed E-state index contributed by atoms with van der Waals surface area (Å²) in [5, 5.41) is 4.85. The zero-order valence-electron chi connectivity index (χ0n) is 14.0. The third kappa shape index (κ3) is 3.01. The standard InChI is InChI=1S/C18H23N3O2/c1-4-6-16-15-12-20(2)10-9-17(15)21(19-16)14-8-5-7-13(11-14)18(22)23-3/h5,7-8,11H,4,6,9-10,12H2,1-3H3. The number of methoxy groups -OCH3 is 1. The molecular weight excluding hydrogens is 290 g/mol. The maximum Gasteiger partial charge on any atom is 0.337 e. The van der Waals surface area contributed by atoms with E-state index in [4.69, 9.17) is 9.84 Å². The highest BCUT2D eigenvalue weighted by Gasteiger charge is 2.23. The summed E-state index contributed by atoms with van der Waals surface area (Å²) in [6, 6.07) is 7.50. The summed E-state index contributed by atoms with van der Waals surface area (Å²) in [5.74, 6) is -0.318. The summed E-state index contributed by atoms with van der Waals surface area (Å²) in [7, 11) is 3.55. The van der Waals surface area contributed by atoms with Gasteiger partial charge in [-0.2, -0.15) is 5.10 Å². The zero-order valence-corrected chi connectivity index (χ0v) is 14.0. The number of aryl methyl sites for hydroxylation is 1. The van der Waals surface area contributed by atoms with Gasteiger partial charge in [0.25, 0.3) is 0 Å². The summed E-state index contributed by atoms with van der Waals surface area (Å²) in [6.45, 7) is 4.15. The van der Waals surface area contributed by atoms with Crippen molar-refractivity contribution in [3.05, 3.63) is 46.8 Å². The zero-order chi connectivity index (χ0) is 16.4. The molecule has 1 aromatic carbocycles. The van der Waals surface area contributed by atoms with Gasteiger partial charge in [-0.3, -0.25) is 0 Å². The first-order valence-corrected chi connectivity index (χ1v) is 8.11. The maximum atomic E-state index is 11.8. The van der Waals surface area contributed by atoms with E-state index in [0.717, 1.165) is 38.0 Å². The van der Waals surface area contributed by atoms with Crippen molar-refractivity contribution in [2.24, 2.45) is 0 Å². The summed E-state index contributed by atoms with van der Waals surface area (Å²) < 4.78 is 6.84. The van der Waals surface area contributed by atoms with Crippen molar-refractivity contribution >= 4 is 5.97 Å². The van der Waals surface area contributed by atoms with Crippen LogP contribution in [0.2, 0.25) is 0 Å². The van der Waals surface area contributed by atoms with E-state index in [1.807, 2.05) is 22.9 Å². The molecule has 0 fully saturated rings. The average Bonchev–Trinajstić information content (AvgIpc) is 2.92. The summed E-state index contributed by atoms with van der Waals surface area (Å²) in [5.41, 5.74) is 5.28. The first-order chi connectivity index (χ1) is 11.1. The molecule has 0 bridgehead atoms. The Bertz CT molecular complexity index is 721. The van der Waals surface area contributed by atoms with Gasteiger partial charge in [0, 0.05) is 25.1 Å². The van der Waals surface area contributed by atoms with E-state index in [0.29, 0.717) is 5.56 Å². The number of esters is 1. The number of hydrogen-bond acceptors (Lipinski definition) is 4. The maximum absolute atomic E-state index is 11.8. The first kappa shape index (κ1) is 15.7. The van der Waals surface area contributed by atoms with E-state index in [1.165, 1.54) is 24.1 Å². The van der Waals surface area contributed by atoms with Crippen LogP contribution in [0.5, 0.6) is 0 Å². The Labute approximate surface area is 136 Å². The molecule has 23 heavy (non-hydrogen) atoms. The van der Waals surface area contributed by atoms with E-state index in [-0.39, 0.29) is 5.97 Å². The SMILES string of the molecule is CCCc1nn(-c2cccc(C(=O)OC)c2)c2c1CN(C)CC2. The minimum atomic E-state index is -0.318. The molecule has 1 aliphatic heterocycles. The number of aromatic nitrogens is 2. The molecule has 2 aromatic rings. The van der Waals surface area contributed by atoms with Crippen LogP contribution in [-0.2, 0) is 24.1 Å². The van der Waals surface area contributed by atoms with Crippen LogP contribution in [0.1, 0.15) is 40.7 Å². The molecule has 5 heteroatoms. The molecule has 0 saturated heterocycles. The van der Waals surface area contributed by atoms with E-state index < -0.39 is 0 Å². The highest BCUT2D eigenvalue weighted by Crippen LogP contribution is 2.26. The van der Waals surface area contributed by atoms with Crippen molar-refractivity contribution < 1.29 is 9.53 Å². The molecule has 3 rings (SSSR count). The Hall–Kier alpha value is -2.14. The highest BCUT2D eigenvalue weighted by molar-refractivity contribution is 5.89. The number of carbonyl (C=O) groups excluding carboxylic acids is 1. The third-order valence-electron chi connectivity index (χ3n) is 4.33. The van der Waals surface area contributed by atoms with Crippen LogP contribution < -0.4 is 0 Å². The number of rotatable bonds is 4. The third-order valence-corrected chi connectivity index (χ3v) is 4.33. The quantitative estimate of drug-likeness (QED) is 0.814. The van der Waals surface area contributed by atoms with Crippen molar-refractivity contribution in [1.82, 2.24) is 14.7 Å². The molecule has 0 spiro atoms. The largest absolute Gasteiger partial charge is 0.465 e. The summed E-state index contributed by atoms with van der Waals surface area (Å²) >= 11 is 0.